The van der Waals surface area contributed by atoms with E-state index in [4.69, 9.17) is 0 Å². The van der Waals surface area contributed by atoms with Gasteiger partial charge in [-0.25, -0.2) is 0 Å². The molecule has 7 heteroatoms. The first-order valence-electron chi connectivity index (χ1n) is 12.1. The number of carbonyl (C=O) groups excluding carboxylic acids is 2. The number of nitrogens with zero attached hydrogens (tertiary/aromatic N) is 5. The Balaban J connectivity index is 1.26. The number of carbonyl (C=O) groups is 2. The maximum atomic E-state index is 13.5. The number of hydrogen-bond donors (Lipinski definition) is 0. The van der Waals surface area contributed by atoms with E-state index in [2.05, 4.69) is 27.8 Å². The van der Waals surface area contributed by atoms with E-state index in [1.165, 1.54) is 12.8 Å². The van der Waals surface area contributed by atoms with Crippen LogP contribution >= 0.6 is 0 Å². The normalized spacial score (nSPS) is 26.3. The Morgan fingerprint density at radius 3 is 2.56 bits per heavy atom. The number of piperazine rings is 1. The van der Waals surface area contributed by atoms with Gasteiger partial charge in [0.25, 0.3) is 5.91 Å². The van der Waals surface area contributed by atoms with Gasteiger partial charge >= 0.3 is 0 Å². The standard InChI is InChI=1S/C25H33N5O2/c1-26-13-14-29-22(17-26)24(32)30(15-18-7-8-18)25(29)9-11-28(12-10-25)23(31)20-16-27(2)21-6-4-3-5-19(20)21/h3-6,16,18,22H,7-15,17H2,1-2H3/t22-/m1/s1. The Kier molecular flexibility index (Phi) is 4.63. The van der Waals surface area contributed by atoms with Crippen LogP contribution in [0, 0.1) is 5.92 Å². The van der Waals surface area contributed by atoms with Gasteiger partial charge in [-0.15, -0.1) is 0 Å². The molecule has 1 atom stereocenters. The van der Waals surface area contributed by atoms with Gasteiger partial charge in [0.05, 0.1) is 5.56 Å². The van der Waals surface area contributed by atoms with E-state index in [-0.39, 0.29) is 17.6 Å². The van der Waals surface area contributed by atoms with Crippen LogP contribution in [-0.4, -0.2) is 94.0 Å². The molecule has 32 heavy (non-hydrogen) atoms. The molecule has 0 unspecified atom stereocenters. The molecule has 4 fully saturated rings. The number of likely N-dealkylation sites (tertiary alicyclic amines) is 1. The number of rotatable bonds is 3. The predicted molar refractivity (Wildman–Crippen MR) is 123 cm³/mol. The van der Waals surface area contributed by atoms with Gasteiger partial charge in [-0.05, 0) is 31.9 Å². The number of likely N-dealkylation sites (N-methyl/N-ethyl adjacent to an activating group) is 1. The zero-order valence-electron chi connectivity index (χ0n) is 19.2. The molecule has 6 rings (SSSR count). The number of para-hydroxylation sites is 1. The van der Waals surface area contributed by atoms with E-state index < -0.39 is 0 Å². The van der Waals surface area contributed by atoms with Crippen LogP contribution in [0.3, 0.4) is 0 Å². The van der Waals surface area contributed by atoms with Gasteiger partial charge in [-0.2, -0.15) is 0 Å². The summed E-state index contributed by atoms with van der Waals surface area (Å²) in [4.78, 5) is 36.0. The van der Waals surface area contributed by atoms with Crippen LogP contribution in [0.4, 0.5) is 0 Å². The highest BCUT2D eigenvalue weighted by Crippen LogP contribution is 2.44. The third-order valence-electron chi connectivity index (χ3n) is 8.29. The topological polar surface area (TPSA) is 52.0 Å². The summed E-state index contributed by atoms with van der Waals surface area (Å²) in [6, 6.07) is 8.09. The van der Waals surface area contributed by atoms with Crippen LogP contribution in [-0.2, 0) is 11.8 Å². The maximum Gasteiger partial charge on any atom is 0.256 e. The molecule has 170 valence electrons. The minimum absolute atomic E-state index is 0.0205. The van der Waals surface area contributed by atoms with Crippen molar-refractivity contribution in [3.05, 3.63) is 36.0 Å². The first kappa shape index (κ1) is 20.2. The fraction of sp³-hybridized carbons (Fsp3) is 0.600. The third-order valence-corrected chi connectivity index (χ3v) is 8.29. The lowest BCUT2D eigenvalue weighted by molar-refractivity contribution is -0.134. The van der Waals surface area contributed by atoms with Crippen molar-refractivity contribution in [2.75, 3.05) is 46.3 Å². The number of amides is 2. The van der Waals surface area contributed by atoms with Crippen LogP contribution in [0.1, 0.15) is 36.0 Å². The van der Waals surface area contributed by atoms with Crippen molar-refractivity contribution in [1.82, 2.24) is 24.2 Å². The first-order chi connectivity index (χ1) is 15.5. The monoisotopic (exact) mass is 435 g/mol. The lowest BCUT2D eigenvalue weighted by Crippen LogP contribution is -2.63. The van der Waals surface area contributed by atoms with E-state index in [0.29, 0.717) is 24.9 Å². The molecule has 2 amide bonds. The highest BCUT2D eigenvalue weighted by atomic mass is 16.2. The molecular formula is C25H33N5O2. The summed E-state index contributed by atoms with van der Waals surface area (Å²) in [7, 11) is 4.12. The Morgan fingerprint density at radius 1 is 1.06 bits per heavy atom. The summed E-state index contributed by atoms with van der Waals surface area (Å²) in [5, 5.41) is 1.02. The molecular weight excluding hydrogens is 402 g/mol. The van der Waals surface area contributed by atoms with Crippen molar-refractivity contribution in [2.45, 2.75) is 37.4 Å². The van der Waals surface area contributed by atoms with Gasteiger partial charge in [0.2, 0.25) is 5.91 Å². The van der Waals surface area contributed by atoms with E-state index in [0.717, 1.165) is 55.5 Å². The molecule has 0 radical (unpaired) electrons. The van der Waals surface area contributed by atoms with Crippen molar-refractivity contribution in [3.8, 4) is 0 Å². The van der Waals surface area contributed by atoms with Gasteiger partial charge in [-0.1, -0.05) is 18.2 Å². The molecule has 4 heterocycles. The quantitative estimate of drug-likeness (QED) is 0.740. The van der Waals surface area contributed by atoms with Gasteiger partial charge in [0, 0.05) is 76.3 Å². The fourth-order valence-corrected chi connectivity index (χ4v) is 6.30. The molecule has 4 aliphatic rings. The lowest BCUT2D eigenvalue weighted by atomic mass is 9.92. The smallest absolute Gasteiger partial charge is 0.256 e. The van der Waals surface area contributed by atoms with Crippen molar-refractivity contribution in [2.24, 2.45) is 13.0 Å². The van der Waals surface area contributed by atoms with Gasteiger partial charge < -0.3 is 19.3 Å². The molecule has 3 saturated heterocycles. The number of benzene rings is 1. The summed E-state index contributed by atoms with van der Waals surface area (Å²) >= 11 is 0. The number of hydrogen-bond acceptors (Lipinski definition) is 4. The van der Waals surface area contributed by atoms with Crippen LogP contribution in [0.5, 0.6) is 0 Å². The molecule has 1 aliphatic carbocycles. The van der Waals surface area contributed by atoms with Crippen LogP contribution in [0.15, 0.2) is 30.5 Å². The van der Waals surface area contributed by atoms with E-state index in [1.807, 2.05) is 40.9 Å². The first-order valence-corrected chi connectivity index (χ1v) is 12.1. The van der Waals surface area contributed by atoms with Gasteiger partial charge in [0.1, 0.15) is 11.7 Å². The maximum absolute atomic E-state index is 13.5. The predicted octanol–water partition coefficient (Wildman–Crippen LogP) is 1.98. The Bertz CT molecular complexity index is 1070. The Morgan fingerprint density at radius 2 is 1.81 bits per heavy atom. The number of piperidine rings is 1. The minimum atomic E-state index is -0.207. The van der Waals surface area contributed by atoms with Crippen LogP contribution in [0.2, 0.25) is 0 Å². The number of aryl methyl sites for hydroxylation is 1. The fourth-order valence-electron chi connectivity index (χ4n) is 6.30. The average Bonchev–Trinajstić information content (AvgIpc) is 3.54. The molecule has 1 aromatic carbocycles. The van der Waals surface area contributed by atoms with Crippen LogP contribution < -0.4 is 0 Å². The zero-order chi connectivity index (χ0) is 22.0. The Labute approximate surface area is 189 Å². The molecule has 2 aromatic rings. The van der Waals surface area contributed by atoms with E-state index in [1.54, 1.807) is 0 Å². The van der Waals surface area contributed by atoms with E-state index >= 15 is 0 Å². The molecule has 3 aliphatic heterocycles. The summed E-state index contributed by atoms with van der Waals surface area (Å²) < 4.78 is 2.04. The largest absolute Gasteiger partial charge is 0.350 e. The van der Waals surface area contributed by atoms with Crippen LogP contribution in [0.25, 0.3) is 10.9 Å². The molecule has 1 aromatic heterocycles. The zero-order valence-corrected chi connectivity index (χ0v) is 19.2. The van der Waals surface area contributed by atoms with Gasteiger partial charge in [-0.3, -0.25) is 14.5 Å². The summed E-state index contributed by atoms with van der Waals surface area (Å²) in [5.74, 6) is 1.10. The Hall–Kier alpha value is -2.38. The third kappa shape index (κ3) is 3.01. The average molecular weight is 436 g/mol. The number of fused-ring (bicyclic) bond motifs is 3. The SMILES string of the molecule is CN1CCN2[C@H](C1)C(=O)N(CC1CC1)C21CCN(C(=O)c2cn(C)c3ccccc23)CC1. The highest BCUT2D eigenvalue weighted by Gasteiger charge is 2.59. The summed E-state index contributed by atoms with van der Waals surface area (Å²) in [5.41, 5.74) is 1.66. The molecule has 7 nitrogen and oxygen atoms in total. The number of aromatic nitrogens is 1. The summed E-state index contributed by atoms with van der Waals surface area (Å²) in [6.07, 6.45) is 6.16. The van der Waals surface area contributed by atoms with Crippen molar-refractivity contribution < 1.29 is 9.59 Å². The molecule has 0 N–H and O–H groups in total. The molecule has 0 bridgehead atoms. The second-order valence-electron chi connectivity index (χ2n) is 10.3. The van der Waals surface area contributed by atoms with Crippen molar-refractivity contribution in [3.63, 3.8) is 0 Å². The van der Waals surface area contributed by atoms with Crippen molar-refractivity contribution in [1.29, 1.82) is 0 Å². The molecule has 1 spiro atoms. The van der Waals surface area contributed by atoms with E-state index in [9.17, 15) is 9.59 Å². The highest BCUT2D eigenvalue weighted by molar-refractivity contribution is 6.07. The molecule has 1 saturated carbocycles. The van der Waals surface area contributed by atoms with Gasteiger partial charge in [0.15, 0.2) is 0 Å². The summed E-state index contributed by atoms with van der Waals surface area (Å²) in [6.45, 7) is 5.06. The lowest BCUT2D eigenvalue weighted by Gasteiger charge is -2.50. The van der Waals surface area contributed by atoms with Crippen molar-refractivity contribution >= 4 is 22.7 Å². The minimum Gasteiger partial charge on any atom is -0.350 e. The second-order valence-corrected chi connectivity index (χ2v) is 10.3. The second kappa shape index (κ2) is 7.32.